The van der Waals surface area contributed by atoms with E-state index in [9.17, 15) is 0 Å². The fourth-order valence-electron chi connectivity index (χ4n) is 1.07. The lowest BCUT2D eigenvalue weighted by Crippen LogP contribution is -2.20. The number of hydrogen-bond donors (Lipinski definition) is 2. The van der Waals surface area contributed by atoms with Gasteiger partial charge in [0.05, 0.1) is 17.6 Å². The lowest BCUT2D eigenvalue weighted by molar-refractivity contribution is 0.425. The fraction of sp³-hybridized carbons (Fsp3) is 0.500. The van der Waals surface area contributed by atoms with Crippen LogP contribution in [0.5, 0.6) is 0 Å². The molecule has 0 saturated carbocycles. The molecule has 0 fully saturated rings. The molecule has 0 aliphatic rings. The zero-order chi connectivity index (χ0) is 10.4. The number of rotatable bonds is 5. The molecule has 3 N–H and O–H groups in total. The molecule has 0 aliphatic carbocycles. The van der Waals surface area contributed by atoms with Crippen molar-refractivity contribution in [1.82, 2.24) is 9.88 Å². The molecular weight excluding hydrogens is 176 g/mol. The van der Waals surface area contributed by atoms with Gasteiger partial charge in [0, 0.05) is 19.6 Å². The van der Waals surface area contributed by atoms with Crippen molar-refractivity contribution in [1.29, 1.82) is 0 Å². The van der Waals surface area contributed by atoms with Gasteiger partial charge in [-0.05, 0) is 26.2 Å². The van der Waals surface area contributed by atoms with E-state index in [1.54, 1.807) is 0 Å². The quantitative estimate of drug-likeness (QED) is 0.717. The molecule has 0 radical (unpaired) electrons. The number of hydrogen-bond acceptors (Lipinski definition) is 4. The van der Waals surface area contributed by atoms with Gasteiger partial charge in [-0.1, -0.05) is 0 Å². The second-order valence-corrected chi connectivity index (χ2v) is 3.47. The highest BCUT2D eigenvalue weighted by atomic mass is 15.1. The Balaban J connectivity index is 2.36. The lowest BCUT2D eigenvalue weighted by atomic mass is 10.3. The van der Waals surface area contributed by atoms with Crippen molar-refractivity contribution < 1.29 is 0 Å². The average Bonchev–Trinajstić information content (AvgIpc) is 2.18. The van der Waals surface area contributed by atoms with Crippen LogP contribution in [0.2, 0.25) is 0 Å². The van der Waals surface area contributed by atoms with Crippen molar-refractivity contribution in [2.24, 2.45) is 5.73 Å². The van der Waals surface area contributed by atoms with Crippen LogP contribution >= 0.6 is 0 Å². The van der Waals surface area contributed by atoms with Crippen LogP contribution in [0.25, 0.3) is 0 Å². The number of pyridine rings is 1. The normalized spacial score (nSPS) is 10.6. The van der Waals surface area contributed by atoms with Gasteiger partial charge in [-0.2, -0.15) is 0 Å². The van der Waals surface area contributed by atoms with Gasteiger partial charge >= 0.3 is 0 Å². The number of aromatic nitrogens is 1. The van der Waals surface area contributed by atoms with Crippen LogP contribution in [0, 0.1) is 0 Å². The first-order valence-electron chi connectivity index (χ1n) is 4.76. The van der Waals surface area contributed by atoms with Gasteiger partial charge in [0.2, 0.25) is 0 Å². The lowest BCUT2D eigenvalue weighted by Gasteiger charge is -2.11. The Labute approximate surface area is 85.1 Å². The summed E-state index contributed by atoms with van der Waals surface area (Å²) in [5.74, 6) is 0. The molecule has 4 nitrogen and oxygen atoms in total. The molecule has 0 spiro atoms. The zero-order valence-corrected chi connectivity index (χ0v) is 8.83. The van der Waals surface area contributed by atoms with Gasteiger partial charge in [-0.3, -0.25) is 4.98 Å². The smallest absolute Gasteiger partial charge is 0.0541 e. The monoisotopic (exact) mass is 194 g/mol. The van der Waals surface area contributed by atoms with Crippen molar-refractivity contribution in [3.05, 3.63) is 24.0 Å². The molecule has 0 atom stereocenters. The maximum atomic E-state index is 5.45. The van der Waals surface area contributed by atoms with E-state index < -0.39 is 0 Å². The SMILES string of the molecule is CN(C)CCNc1ccc(CN)nc1. The van der Waals surface area contributed by atoms with E-state index in [1.165, 1.54) is 0 Å². The van der Waals surface area contributed by atoms with E-state index in [4.69, 9.17) is 5.73 Å². The molecule has 0 saturated heterocycles. The fourth-order valence-corrected chi connectivity index (χ4v) is 1.07. The number of anilines is 1. The summed E-state index contributed by atoms with van der Waals surface area (Å²) in [5.41, 5.74) is 7.42. The Kier molecular flexibility index (Phi) is 4.35. The van der Waals surface area contributed by atoms with E-state index in [0.29, 0.717) is 6.54 Å². The highest BCUT2D eigenvalue weighted by molar-refractivity contribution is 5.40. The average molecular weight is 194 g/mol. The third-order valence-corrected chi connectivity index (χ3v) is 1.92. The minimum atomic E-state index is 0.498. The minimum Gasteiger partial charge on any atom is -0.383 e. The predicted molar refractivity (Wildman–Crippen MR) is 59.2 cm³/mol. The Hall–Kier alpha value is -1.13. The first kappa shape index (κ1) is 10.9. The van der Waals surface area contributed by atoms with Crippen LogP contribution in [0.15, 0.2) is 18.3 Å². The molecule has 0 aliphatic heterocycles. The van der Waals surface area contributed by atoms with Gasteiger partial charge in [0.1, 0.15) is 0 Å². The molecule has 4 heteroatoms. The second-order valence-electron chi connectivity index (χ2n) is 3.47. The van der Waals surface area contributed by atoms with Gasteiger partial charge in [-0.25, -0.2) is 0 Å². The summed E-state index contributed by atoms with van der Waals surface area (Å²) in [6.45, 7) is 2.44. The molecular formula is C10H18N4. The first-order chi connectivity index (χ1) is 6.72. The van der Waals surface area contributed by atoms with Crippen LogP contribution in [0.3, 0.4) is 0 Å². The number of likely N-dealkylation sites (N-methyl/N-ethyl adjacent to an activating group) is 1. The maximum Gasteiger partial charge on any atom is 0.0541 e. The summed E-state index contributed by atoms with van der Waals surface area (Å²) in [7, 11) is 4.11. The molecule has 0 amide bonds. The number of nitrogens with one attached hydrogen (secondary N) is 1. The highest BCUT2D eigenvalue weighted by Crippen LogP contribution is 2.04. The van der Waals surface area contributed by atoms with E-state index in [2.05, 4.69) is 29.3 Å². The summed E-state index contributed by atoms with van der Waals surface area (Å²) in [6.07, 6.45) is 1.82. The van der Waals surface area contributed by atoms with Crippen LogP contribution < -0.4 is 11.1 Å². The number of nitrogens with two attached hydrogens (primary N) is 1. The molecule has 0 unspecified atom stereocenters. The summed E-state index contributed by atoms with van der Waals surface area (Å²) in [5, 5.41) is 3.28. The Morgan fingerprint density at radius 1 is 1.43 bits per heavy atom. The topological polar surface area (TPSA) is 54.2 Å². The Bertz CT molecular complexity index is 255. The van der Waals surface area contributed by atoms with E-state index >= 15 is 0 Å². The van der Waals surface area contributed by atoms with Crippen LogP contribution in [-0.2, 0) is 6.54 Å². The summed E-state index contributed by atoms with van der Waals surface area (Å²) in [4.78, 5) is 6.33. The zero-order valence-electron chi connectivity index (χ0n) is 8.83. The van der Waals surface area contributed by atoms with Crippen molar-refractivity contribution >= 4 is 5.69 Å². The van der Waals surface area contributed by atoms with Crippen LogP contribution in [0.1, 0.15) is 5.69 Å². The third-order valence-electron chi connectivity index (χ3n) is 1.92. The standard InChI is InChI=1S/C10H18N4/c1-14(2)6-5-12-10-4-3-9(7-11)13-8-10/h3-4,8,12H,5-7,11H2,1-2H3. The van der Waals surface area contributed by atoms with Crippen LogP contribution in [-0.4, -0.2) is 37.1 Å². The van der Waals surface area contributed by atoms with E-state index in [0.717, 1.165) is 24.5 Å². The van der Waals surface area contributed by atoms with E-state index in [1.807, 2.05) is 18.3 Å². The number of nitrogens with zero attached hydrogens (tertiary/aromatic N) is 2. The van der Waals surface area contributed by atoms with Gasteiger partial charge < -0.3 is 16.0 Å². The summed E-state index contributed by atoms with van der Waals surface area (Å²) >= 11 is 0. The van der Waals surface area contributed by atoms with Gasteiger partial charge in [0.15, 0.2) is 0 Å². The molecule has 14 heavy (non-hydrogen) atoms. The van der Waals surface area contributed by atoms with Gasteiger partial charge in [0.25, 0.3) is 0 Å². The second kappa shape index (κ2) is 5.57. The highest BCUT2D eigenvalue weighted by Gasteiger charge is 1.94. The largest absolute Gasteiger partial charge is 0.383 e. The molecule has 1 rings (SSSR count). The first-order valence-corrected chi connectivity index (χ1v) is 4.76. The molecule has 1 aromatic heterocycles. The molecule has 0 bridgehead atoms. The van der Waals surface area contributed by atoms with Crippen molar-refractivity contribution in [2.45, 2.75) is 6.54 Å². The third kappa shape index (κ3) is 3.72. The van der Waals surface area contributed by atoms with Gasteiger partial charge in [-0.15, -0.1) is 0 Å². The summed E-state index contributed by atoms with van der Waals surface area (Å²) in [6, 6.07) is 3.95. The maximum absolute atomic E-state index is 5.45. The molecule has 1 heterocycles. The van der Waals surface area contributed by atoms with Crippen molar-refractivity contribution in [3.8, 4) is 0 Å². The predicted octanol–water partition coefficient (Wildman–Crippen LogP) is 0.514. The Morgan fingerprint density at radius 3 is 2.71 bits per heavy atom. The summed E-state index contributed by atoms with van der Waals surface area (Å²) < 4.78 is 0. The van der Waals surface area contributed by atoms with Crippen molar-refractivity contribution in [2.75, 3.05) is 32.5 Å². The van der Waals surface area contributed by atoms with Crippen molar-refractivity contribution in [3.63, 3.8) is 0 Å². The van der Waals surface area contributed by atoms with Crippen LogP contribution in [0.4, 0.5) is 5.69 Å². The molecule has 1 aromatic rings. The Morgan fingerprint density at radius 2 is 2.21 bits per heavy atom. The minimum absolute atomic E-state index is 0.498. The molecule has 78 valence electrons. The molecule has 0 aromatic carbocycles. The van der Waals surface area contributed by atoms with E-state index in [-0.39, 0.29) is 0 Å².